The molecule has 0 bridgehead atoms. The van der Waals surface area contributed by atoms with Crippen LogP contribution in [-0.2, 0) is 9.53 Å². The molecule has 0 saturated heterocycles. The van der Waals surface area contributed by atoms with Crippen molar-refractivity contribution in [3.8, 4) is 17.1 Å². The second-order valence-electron chi connectivity index (χ2n) is 6.18. The number of aliphatic imine (C=N–C) groups is 1. The van der Waals surface area contributed by atoms with Gasteiger partial charge in [-0.25, -0.2) is 9.79 Å². The Hall–Kier alpha value is -3.09. The summed E-state index contributed by atoms with van der Waals surface area (Å²) < 4.78 is 16.0. The molecule has 1 aliphatic heterocycles. The van der Waals surface area contributed by atoms with E-state index in [1.165, 1.54) is 0 Å². The summed E-state index contributed by atoms with van der Waals surface area (Å²) in [4.78, 5) is 16.7. The molecule has 3 aromatic rings. The van der Waals surface area contributed by atoms with Crippen LogP contribution in [-0.4, -0.2) is 24.1 Å². The SMILES string of the molecule is COc1ccc(/C=C2/N=C(c3c(C)noc3-c3c(Cl)cccc3Cl)OC2=O)cc1. The molecule has 4 rings (SSSR count). The number of hydrogen-bond acceptors (Lipinski definition) is 6. The first-order chi connectivity index (χ1) is 14.0. The summed E-state index contributed by atoms with van der Waals surface area (Å²) in [6.45, 7) is 1.72. The number of rotatable bonds is 4. The highest BCUT2D eigenvalue weighted by Crippen LogP contribution is 2.38. The van der Waals surface area contributed by atoms with Gasteiger partial charge in [0.15, 0.2) is 11.5 Å². The third-order valence-corrected chi connectivity index (χ3v) is 4.94. The number of halogens is 2. The molecule has 0 amide bonds. The third kappa shape index (κ3) is 3.64. The Morgan fingerprint density at radius 2 is 1.72 bits per heavy atom. The van der Waals surface area contributed by atoms with Crippen LogP contribution in [0.1, 0.15) is 16.8 Å². The molecule has 2 aromatic carbocycles. The molecular weight excluding hydrogens is 415 g/mol. The highest BCUT2D eigenvalue weighted by atomic mass is 35.5. The molecule has 0 unspecified atom stereocenters. The highest BCUT2D eigenvalue weighted by molar-refractivity contribution is 6.39. The van der Waals surface area contributed by atoms with Crippen LogP contribution in [0, 0.1) is 6.92 Å². The molecule has 0 spiro atoms. The van der Waals surface area contributed by atoms with E-state index < -0.39 is 5.97 Å². The molecule has 146 valence electrons. The normalized spacial score (nSPS) is 14.8. The van der Waals surface area contributed by atoms with Crippen LogP contribution < -0.4 is 4.74 Å². The van der Waals surface area contributed by atoms with Gasteiger partial charge < -0.3 is 14.0 Å². The maximum Gasteiger partial charge on any atom is 0.363 e. The van der Waals surface area contributed by atoms with E-state index in [1.54, 1.807) is 50.4 Å². The maximum atomic E-state index is 12.4. The summed E-state index contributed by atoms with van der Waals surface area (Å²) in [5.74, 6) is 0.508. The van der Waals surface area contributed by atoms with E-state index in [-0.39, 0.29) is 17.4 Å². The van der Waals surface area contributed by atoms with E-state index in [2.05, 4.69) is 10.1 Å². The van der Waals surface area contributed by atoms with Crippen LogP contribution in [0.25, 0.3) is 17.4 Å². The third-order valence-electron chi connectivity index (χ3n) is 4.31. The summed E-state index contributed by atoms with van der Waals surface area (Å²) in [5.41, 5.74) is 2.30. The number of aromatic nitrogens is 1. The fourth-order valence-electron chi connectivity index (χ4n) is 2.88. The maximum absolute atomic E-state index is 12.4. The number of benzene rings is 2. The molecule has 1 aliphatic rings. The topological polar surface area (TPSA) is 73.9 Å². The molecule has 0 N–H and O–H groups in total. The molecule has 8 heteroatoms. The average molecular weight is 429 g/mol. The Kier molecular flexibility index (Phi) is 5.13. The summed E-state index contributed by atoms with van der Waals surface area (Å²) in [6.07, 6.45) is 1.62. The quantitative estimate of drug-likeness (QED) is 0.415. The molecule has 2 heterocycles. The van der Waals surface area contributed by atoms with E-state index in [1.807, 2.05) is 12.1 Å². The molecule has 0 radical (unpaired) electrons. The van der Waals surface area contributed by atoms with Crippen molar-refractivity contribution in [3.05, 3.63) is 75.0 Å². The first kappa shape index (κ1) is 19.2. The van der Waals surface area contributed by atoms with Crippen molar-refractivity contribution in [1.82, 2.24) is 5.16 Å². The van der Waals surface area contributed by atoms with Gasteiger partial charge in [0, 0.05) is 0 Å². The molecule has 0 fully saturated rings. The Morgan fingerprint density at radius 3 is 2.38 bits per heavy atom. The summed E-state index contributed by atoms with van der Waals surface area (Å²) in [6, 6.07) is 12.3. The summed E-state index contributed by atoms with van der Waals surface area (Å²) in [5, 5.41) is 4.74. The summed E-state index contributed by atoms with van der Waals surface area (Å²) >= 11 is 12.6. The van der Waals surface area contributed by atoms with Crippen LogP contribution in [0.2, 0.25) is 10.0 Å². The standard InChI is InChI=1S/C21H14Cl2N2O4/c1-11-17(19(29-25-11)18-14(22)4-3-5-15(18)23)20-24-16(21(26)28-20)10-12-6-8-13(27-2)9-7-12/h3-10H,1-2H3/b16-10+. The highest BCUT2D eigenvalue weighted by Gasteiger charge is 2.31. The van der Waals surface area contributed by atoms with Crippen molar-refractivity contribution in [1.29, 1.82) is 0 Å². The van der Waals surface area contributed by atoms with Crippen molar-refractivity contribution < 1.29 is 18.8 Å². The van der Waals surface area contributed by atoms with Crippen LogP contribution >= 0.6 is 23.2 Å². The number of cyclic esters (lactones) is 1. The average Bonchev–Trinajstić information content (AvgIpc) is 3.25. The molecule has 6 nitrogen and oxygen atoms in total. The van der Waals surface area contributed by atoms with Crippen molar-refractivity contribution in [3.63, 3.8) is 0 Å². The molecule has 0 aliphatic carbocycles. The van der Waals surface area contributed by atoms with Gasteiger partial charge in [-0.2, -0.15) is 0 Å². The minimum absolute atomic E-state index is 0.0829. The second-order valence-corrected chi connectivity index (χ2v) is 6.99. The van der Waals surface area contributed by atoms with Gasteiger partial charge in [-0.1, -0.05) is 46.6 Å². The number of aryl methyl sites for hydroxylation is 1. The van der Waals surface area contributed by atoms with Crippen LogP contribution in [0.15, 0.2) is 57.7 Å². The zero-order valence-corrected chi connectivity index (χ0v) is 16.9. The van der Waals surface area contributed by atoms with Crippen molar-refractivity contribution in [2.45, 2.75) is 6.92 Å². The molecule has 29 heavy (non-hydrogen) atoms. The van der Waals surface area contributed by atoms with E-state index in [0.717, 1.165) is 5.56 Å². The number of methoxy groups -OCH3 is 1. The van der Waals surface area contributed by atoms with Crippen LogP contribution in [0.5, 0.6) is 5.75 Å². The Balaban J connectivity index is 1.76. The lowest BCUT2D eigenvalue weighted by Gasteiger charge is -2.05. The predicted molar refractivity (Wildman–Crippen MR) is 110 cm³/mol. The van der Waals surface area contributed by atoms with Gasteiger partial charge in [0.2, 0.25) is 5.90 Å². The lowest BCUT2D eigenvalue weighted by molar-refractivity contribution is -0.129. The largest absolute Gasteiger partial charge is 0.497 e. The Morgan fingerprint density at radius 1 is 1.03 bits per heavy atom. The number of carbonyl (C=O) groups is 1. The van der Waals surface area contributed by atoms with E-state index in [4.69, 9.17) is 37.2 Å². The minimum atomic E-state index is -0.576. The fourth-order valence-corrected chi connectivity index (χ4v) is 3.45. The number of esters is 1. The number of nitrogens with zero attached hydrogens (tertiary/aromatic N) is 2. The van der Waals surface area contributed by atoms with Gasteiger partial charge in [-0.3, -0.25) is 0 Å². The van der Waals surface area contributed by atoms with Gasteiger partial charge in [0.05, 0.1) is 28.4 Å². The van der Waals surface area contributed by atoms with Gasteiger partial charge in [-0.15, -0.1) is 0 Å². The van der Waals surface area contributed by atoms with Gasteiger partial charge >= 0.3 is 5.97 Å². The predicted octanol–water partition coefficient (Wildman–Crippen LogP) is 5.31. The number of ether oxygens (including phenoxy) is 2. The molecule has 1 aromatic heterocycles. The minimum Gasteiger partial charge on any atom is -0.497 e. The zero-order valence-electron chi connectivity index (χ0n) is 15.4. The first-order valence-electron chi connectivity index (χ1n) is 8.55. The lowest BCUT2D eigenvalue weighted by Crippen LogP contribution is -2.07. The van der Waals surface area contributed by atoms with Gasteiger partial charge in [0.25, 0.3) is 0 Å². The zero-order chi connectivity index (χ0) is 20.5. The Labute approximate surface area is 176 Å². The van der Waals surface area contributed by atoms with Gasteiger partial charge in [-0.05, 0) is 42.8 Å². The summed E-state index contributed by atoms with van der Waals surface area (Å²) in [7, 11) is 1.59. The van der Waals surface area contributed by atoms with Crippen molar-refractivity contribution in [2.75, 3.05) is 7.11 Å². The fraction of sp³-hybridized carbons (Fsp3) is 0.0952. The van der Waals surface area contributed by atoms with Crippen molar-refractivity contribution >= 4 is 41.1 Å². The number of hydrogen-bond donors (Lipinski definition) is 0. The van der Waals surface area contributed by atoms with E-state index in [9.17, 15) is 4.79 Å². The second kappa shape index (κ2) is 7.73. The van der Waals surface area contributed by atoms with Crippen LogP contribution in [0.4, 0.5) is 0 Å². The lowest BCUT2D eigenvalue weighted by atomic mass is 10.1. The van der Waals surface area contributed by atoms with E-state index >= 15 is 0 Å². The monoisotopic (exact) mass is 428 g/mol. The van der Waals surface area contributed by atoms with E-state index in [0.29, 0.717) is 32.6 Å². The van der Waals surface area contributed by atoms with Gasteiger partial charge in [0.1, 0.15) is 11.3 Å². The van der Waals surface area contributed by atoms with Crippen LogP contribution in [0.3, 0.4) is 0 Å². The first-order valence-corrected chi connectivity index (χ1v) is 9.31. The molecule has 0 saturated carbocycles. The number of carbonyl (C=O) groups excluding carboxylic acids is 1. The van der Waals surface area contributed by atoms with Crippen molar-refractivity contribution in [2.24, 2.45) is 4.99 Å². The Bertz CT molecular complexity index is 1140. The smallest absolute Gasteiger partial charge is 0.363 e. The molecular formula is C21H14Cl2N2O4. The molecule has 0 atom stereocenters.